The van der Waals surface area contributed by atoms with Crippen LogP contribution in [0.15, 0.2) is 48.5 Å². The zero-order chi connectivity index (χ0) is 20.4. The number of benzene rings is 2. The summed E-state index contributed by atoms with van der Waals surface area (Å²) in [6.07, 6.45) is 6.98. The summed E-state index contributed by atoms with van der Waals surface area (Å²) < 4.78 is 0. The van der Waals surface area contributed by atoms with E-state index in [4.69, 9.17) is 9.97 Å². The summed E-state index contributed by atoms with van der Waals surface area (Å²) in [7, 11) is 0. The van der Waals surface area contributed by atoms with Gasteiger partial charge in [0.15, 0.2) is 5.82 Å². The van der Waals surface area contributed by atoms with Crippen molar-refractivity contribution >= 4 is 39.4 Å². The van der Waals surface area contributed by atoms with Crippen molar-refractivity contribution in [2.24, 2.45) is 23.7 Å². The number of rotatable bonds is 4. The summed E-state index contributed by atoms with van der Waals surface area (Å²) in [6, 6.07) is 16.8. The van der Waals surface area contributed by atoms with Crippen molar-refractivity contribution in [3.8, 4) is 0 Å². The maximum absolute atomic E-state index is 4.95. The zero-order valence-corrected chi connectivity index (χ0v) is 17.4. The van der Waals surface area contributed by atoms with Crippen LogP contribution in [0.1, 0.15) is 32.1 Å². The standard InChI is InChI=1S/C25H26N6/c1-3-7-20-18(5-1)23(28-24-19-6-2-4-8-21(19)30-31-24)29-25(26-20)27-22-16-10-14-9-15(12-16)13-17(22)11-14/h1-8,14-17,22H,9-13H2,(H3,26,27,28,29,30,31). The first-order chi connectivity index (χ1) is 15.3. The van der Waals surface area contributed by atoms with E-state index in [1.165, 1.54) is 32.1 Å². The van der Waals surface area contributed by atoms with Gasteiger partial charge in [-0.3, -0.25) is 5.10 Å². The highest BCUT2D eigenvalue weighted by Gasteiger charge is 2.48. The predicted molar refractivity (Wildman–Crippen MR) is 123 cm³/mol. The third-order valence-electron chi connectivity index (χ3n) is 7.83. The number of anilines is 3. The summed E-state index contributed by atoms with van der Waals surface area (Å²) in [5.41, 5.74) is 1.96. The summed E-state index contributed by atoms with van der Waals surface area (Å²) in [5.74, 6) is 5.80. The first-order valence-electron chi connectivity index (χ1n) is 11.5. The number of para-hydroxylation sites is 2. The van der Waals surface area contributed by atoms with E-state index in [1.54, 1.807) is 0 Å². The summed E-state index contributed by atoms with van der Waals surface area (Å²) >= 11 is 0. The van der Waals surface area contributed by atoms with Gasteiger partial charge in [0.05, 0.1) is 11.0 Å². The van der Waals surface area contributed by atoms with Crippen molar-refractivity contribution in [1.82, 2.24) is 20.2 Å². The lowest BCUT2D eigenvalue weighted by molar-refractivity contribution is 0.00730. The van der Waals surface area contributed by atoms with Gasteiger partial charge in [-0.1, -0.05) is 24.3 Å². The molecule has 0 aliphatic heterocycles. The van der Waals surface area contributed by atoms with Crippen molar-refractivity contribution in [2.45, 2.75) is 38.1 Å². The molecule has 4 aliphatic carbocycles. The Labute approximate surface area is 180 Å². The number of nitrogens with one attached hydrogen (secondary N) is 3. The summed E-state index contributed by atoms with van der Waals surface area (Å²) in [4.78, 5) is 9.84. The van der Waals surface area contributed by atoms with Crippen LogP contribution in [0.3, 0.4) is 0 Å². The predicted octanol–water partition coefficient (Wildman–Crippen LogP) is 5.49. The monoisotopic (exact) mass is 410 g/mol. The molecule has 0 atom stereocenters. The molecule has 2 heterocycles. The third-order valence-corrected chi connectivity index (χ3v) is 7.83. The highest BCUT2D eigenvalue weighted by Crippen LogP contribution is 2.54. The normalized spacial score (nSPS) is 29.0. The Kier molecular flexibility index (Phi) is 3.77. The van der Waals surface area contributed by atoms with Gasteiger partial charge < -0.3 is 10.6 Å². The van der Waals surface area contributed by atoms with E-state index in [-0.39, 0.29) is 0 Å². The van der Waals surface area contributed by atoms with Gasteiger partial charge in [0.2, 0.25) is 5.95 Å². The highest BCUT2D eigenvalue weighted by atomic mass is 15.2. The molecule has 8 rings (SSSR count). The second-order valence-corrected chi connectivity index (χ2v) is 9.76. The first-order valence-corrected chi connectivity index (χ1v) is 11.5. The van der Waals surface area contributed by atoms with Gasteiger partial charge in [0.1, 0.15) is 5.82 Å². The molecule has 6 heteroatoms. The Hall–Kier alpha value is -3.15. The number of fused-ring (bicyclic) bond motifs is 2. The molecule has 0 radical (unpaired) electrons. The zero-order valence-electron chi connectivity index (χ0n) is 17.4. The molecule has 4 fully saturated rings. The third kappa shape index (κ3) is 2.88. The Morgan fingerprint density at radius 2 is 1.45 bits per heavy atom. The average molecular weight is 411 g/mol. The second-order valence-electron chi connectivity index (χ2n) is 9.76. The molecule has 4 bridgehead atoms. The van der Waals surface area contributed by atoms with Crippen molar-refractivity contribution in [1.29, 1.82) is 0 Å². The first kappa shape index (κ1) is 17.5. The lowest BCUT2D eigenvalue weighted by Crippen LogP contribution is -2.51. The molecule has 3 N–H and O–H groups in total. The van der Waals surface area contributed by atoms with Crippen molar-refractivity contribution in [3.05, 3.63) is 48.5 Å². The van der Waals surface area contributed by atoms with Gasteiger partial charge in [-0.25, -0.2) is 4.98 Å². The van der Waals surface area contributed by atoms with Crippen LogP contribution in [0.5, 0.6) is 0 Å². The van der Waals surface area contributed by atoms with Crippen molar-refractivity contribution in [2.75, 3.05) is 10.6 Å². The van der Waals surface area contributed by atoms with Crippen LogP contribution in [0.25, 0.3) is 21.8 Å². The van der Waals surface area contributed by atoms with Crippen molar-refractivity contribution in [3.63, 3.8) is 0 Å². The molecule has 4 aromatic rings. The van der Waals surface area contributed by atoms with Gasteiger partial charge in [-0.05, 0) is 80.0 Å². The van der Waals surface area contributed by atoms with Crippen LogP contribution in [0.2, 0.25) is 0 Å². The molecule has 0 amide bonds. The van der Waals surface area contributed by atoms with Crippen LogP contribution in [0.4, 0.5) is 17.6 Å². The van der Waals surface area contributed by atoms with E-state index in [9.17, 15) is 0 Å². The van der Waals surface area contributed by atoms with E-state index in [2.05, 4.69) is 39.0 Å². The van der Waals surface area contributed by atoms with Gasteiger partial charge in [0, 0.05) is 16.8 Å². The van der Waals surface area contributed by atoms with E-state index < -0.39 is 0 Å². The molecule has 2 aromatic carbocycles. The number of aromatic amines is 1. The van der Waals surface area contributed by atoms with Crippen LogP contribution >= 0.6 is 0 Å². The smallest absolute Gasteiger partial charge is 0.225 e. The van der Waals surface area contributed by atoms with Crippen LogP contribution in [-0.4, -0.2) is 26.2 Å². The number of nitrogens with zero attached hydrogens (tertiary/aromatic N) is 3. The maximum atomic E-state index is 4.95. The Balaban J connectivity index is 1.26. The van der Waals surface area contributed by atoms with Crippen LogP contribution in [0, 0.1) is 23.7 Å². The molecule has 0 spiro atoms. The lowest BCUT2D eigenvalue weighted by atomic mass is 9.54. The van der Waals surface area contributed by atoms with E-state index >= 15 is 0 Å². The van der Waals surface area contributed by atoms with E-state index in [1.807, 2.05) is 30.3 Å². The summed E-state index contributed by atoms with van der Waals surface area (Å²) in [5, 5.41) is 16.9. The molecule has 4 aliphatic rings. The van der Waals surface area contributed by atoms with Gasteiger partial charge in [-0.15, -0.1) is 0 Å². The number of hydrogen-bond acceptors (Lipinski definition) is 5. The summed E-state index contributed by atoms with van der Waals surface area (Å²) in [6.45, 7) is 0. The maximum Gasteiger partial charge on any atom is 0.225 e. The van der Waals surface area contributed by atoms with Crippen LogP contribution in [-0.2, 0) is 0 Å². The highest BCUT2D eigenvalue weighted by molar-refractivity contribution is 5.96. The number of H-pyrrole nitrogens is 1. The molecule has 0 saturated heterocycles. The topological polar surface area (TPSA) is 78.5 Å². The van der Waals surface area contributed by atoms with Crippen molar-refractivity contribution < 1.29 is 0 Å². The van der Waals surface area contributed by atoms with Gasteiger partial charge in [0.25, 0.3) is 0 Å². The molecule has 2 aromatic heterocycles. The van der Waals surface area contributed by atoms with Gasteiger partial charge in [-0.2, -0.15) is 10.1 Å². The lowest BCUT2D eigenvalue weighted by Gasteiger charge is -2.54. The van der Waals surface area contributed by atoms with E-state index in [0.29, 0.717) is 6.04 Å². The Bertz CT molecular complexity index is 1250. The minimum Gasteiger partial charge on any atom is -0.351 e. The molecule has 4 saturated carbocycles. The SMILES string of the molecule is c1ccc2c(Nc3n[nH]c4ccccc34)nc(NC3C4CC5CC(C4)CC3C5)nc2c1. The van der Waals surface area contributed by atoms with Gasteiger partial charge >= 0.3 is 0 Å². The minimum absolute atomic E-state index is 0.507. The van der Waals surface area contributed by atoms with Crippen LogP contribution < -0.4 is 10.6 Å². The van der Waals surface area contributed by atoms with E-state index in [0.717, 1.165) is 63.1 Å². The average Bonchev–Trinajstić information content (AvgIpc) is 3.19. The molecule has 156 valence electrons. The molecular weight excluding hydrogens is 384 g/mol. The minimum atomic E-state index is 0.507. The largest absolute Gasteiger partial charge is 0.351 e. The molecular formula is C25H26N6. The quantitative estimate of drug-likeness (QED) is 0.415. The number of hydrogen-bond donors (Lipinski definition) is 3. The molecule has 31 heavy (non-hydrogen) atoms. The fourth-order valence-electron chi connectivity index (χ4n) is 6.72. The second kappa shape index (κ2) is 6.67. The number of aromatic nitrogens is 4. The fraction of sp³-hybridized carbons (Fsp3) is 0.400. The fourth-order valence-corrected chi connectivity index (χ4v) is 6.72. The molecule has 6 nitrogen and oxygen atoms in total. The molecule has 0 unspecified atom stereocenters. The Morgan fingerprint density at radius 3 is 2.26 bits per heavy atom. The Morgan fingerprint density at radius 1 is 0.742 bits per heavy atom.